The van der Waals surface area contributed by atoms with Crippen molar-refractivity contribution in [2.24, 2.45) is 55.9 Å². The molecule has 0 spiro atoms. The molecule has 0 unspecified atom stereocenters. The Morgan fingerprint density at radius 2 is 0.889 bits per heavy atom. The summed E-state index contributed by atoms with van der Waals surface area (Å²) in [7, 11) is 0. The second-order valence-electron chi connectivity index (χ2n) is 22.3. The summed E-state index contributed by atoms with van der Waals surface area (Å²) in [5.74, 6) is -15.8. The van der Waals surface area contributed by atoms with Crippen LogP contribution in [-0.2, 0) is 59.2 Å². The van der Waals surface area contributed by atoms with Crippen LogP contribution in [0.2, 0.25) is 0 Å². The van der Waals surface area contributed by atoms with Crippen molar-refractivity contribution < 1.29 is 149 Å². The lowest BCUT2D eigenvalue weighted by atomic mass is 10.0. The molecule has 36 nitrogen and oxygen atoms in total. The van der Waals surface area contributed by atoms with Gasteiger partial charge in [-0.3, -0.25) is 38.8 Å². The quantitative estimate of drug-likeness (QED) is 0.0138. The average molecular weight is 1620 g/mol. The topological polar surface area (TPSA) is 625 Å². The molecule has 2 aliphatic heterocycles. The molecule has 3 rings (SSSR count). The van der Waals surface area contributed by atoms with Crippen LogP contribution in [-0.4, -0.2) is 271 Å². The number of unbranched alkanes of at least 4 members (excludes halogenated alkanes) is 5. The van der Waals surface area contributed by atoms with Crippen LogP contribution in [0.3, 0.4) is 0 Å². The highest BCUT2D eigenvalue weighted by Gasteiger charge is 2.44. The Labute approximate surface area is 609 Å². The summed E-state index contributed by atoms with van der Waals surface area (Å²) in [5.41, 5.74) is 45.9. The Kier molecular flexibility index (Phi) is 49.7. The Morgan fingerprint density at radius 3 is 1.28 bits per heavy atom. The molecule has 26 N–H and O–H groups in total. The van der Waals surface area contributed by atoms with Crippen LogP contribution in [0.4, 0.5) is 70.7 Å². The molecule has 8 amide bonds. The number of carboxylic acids is 5. The number of fused-ring (bicyclic) bond motifs is 1. The number of imidazole rings is 1. The average Bonchev–Trinajstić information content (AvgIpc) is 1.65. The number of carboxylic acid groups (broad SMARTS) is 5. The summed E-state index contributed by atoms with van der Waals surface area (Å²) < 4.78 is 159. The summed E-state index contributed by atoms with van der Waals surface area (Å²) in [6.45, 7) is 1.25. The summed E-state index contributed by atoms with van der Waals surface area (Å²) in [5, 5.41) is 47.6. The molecule has 2 aliphatic rings. The molecule has 2 fully saturated rings. The van der Waals surface area contributed by atoms with Crippen molar-refractivity contribution in [2.45, 2.75) is 175 Å². The van der Waals surface area contributed by atoms with Crippen molar-refractivity contribution in [3.63, 3.8) is 0 Å². The molecule has 1 aromatic rings. The Hall–Kier alpha value is -9.63. The number of carbonyl (C=O) groups is 12. The van der Waals surface area contributed by atoms with E-state index in [-0.39, 0.29) is 137 Å². The van der Waals surface area contributed by atoms with E-state index >= 15 is 0 Å². The monoisotopic (exact) mass is 1620 g/mol. The summed E-state index contributed by atoms with van der Waals surface area (Å²) in [4.78, 5) is 159. The van der Waals surface area contributed by atoms with Crippen molar-refractivity contribution in [3.05, 3.63) is 18.2 Å². The third-order valence-electron chi connectivity index (χ3n) is 14.0. The molecule has 1 aromatic heterocycles. The minimum absolute atomic E-state index is 0.0220. The van der Waals surface area contributed by atoms with Gasteiger partial charge in [-0.2, -0.15) is 77.6 Å². The molecule has 0 bridgehead atoms. The fourth-order valence-electron chi connectivity index (χ4n) is 9.03. The number of aromatic amines is 1. The minimum Gasteiger partial charge on any atom is -0.475 e. The number of aliphatic carboxylic acids is 5. The van der Waals surface area contributed by atoms with Crippen molar-refractivity contribution in [2.75, 3.05) is 71.2 Å². The second kappa shape index (κ2) is 52.4. The largest absolute Gasteiger partial charge is 0.490 e. The molecule has 6 atom stereocenters. The van der Waals surface area contributed by atoms with Gasteiger partial charge >= 0.3 is 66.8 Å². The van der Waals surface area contributed by atoms with E-state index in [4.69, 9.17) is 95.4 Å². The predicted molar refractivity (Wildman–Crippen MR) is 350 cm³/mol. The van der Waals surface area contributed by atoms with Crippen molar-refractivity contribution in [1.82, 2.24) is 45.9 Å². The van der Waals surface area contributed by atoms with Gasteiger partial charge in [-0.1, -0.05) is 12.8 Å². The summed E-state index contributed by atoms with van der Waals surface area (Å²) >= 11 is 1.80. The number of nitrogens with zero attached hydrogens (tertiary/aromatic N) is 6. The SMILES string of the molecule is NCCCCCC(=O)N(CCNC(=O)[C@H](CCCN=C(N)N)N(CCN)C(=O)CCCC[C@@H]1SC[C@@H]2NC(=O)N[C@@H]21)[C@@H](Cc1cnc[nH]1)C(=O)NCCN(C(=O)CCCCN=C(N)N)[C@@H](CCCCN)C(N)=O.O=C(O)C(F)(F)F.O=C(O)C(F)(F)F.O=C(O)C(F)(F)F.O=C(O)C(F)(F)F.O=C(O)C(F)(F)F. The van der Waals surface area contributed by atoms with Crippen LogP contribution >= 0.6 is 11.8 Å². The van der Waals surface area contributed by atoms with Gasteiger partial charge in [-0.15, -0.1) is 0 Å². The van der Waals surface area contributed by atoms with E-state index in [0.29, 0.717) is 83.1 Å². The first kappa shape index (κ1) is 103. The molecular formula is C56H90F15N19O17S. The molecule has 0 saturated carbocycles. The van der Waals surface area contributed by atoms with Crippen LogP contribution in [0.15, 0.2) is 22.5 Å². The van der Waals surface area contributed by atoms with Gasteiger partial charge in [0.25, 0.3) is 0 Å². The number of thioether (sulfide) groups is 1. The van der Waals surface area contributed by atoms with E-state index in [1.54, 1.807) is 18.0 Å². The number of amides is 8. The standard InChI is InChI=1S/C46H85N19O7S.5C2HF3O2/c47-17-7-1-2-14-39(68)65(35(27-31-28-55-30-60-31)43(71)57-22-25-64(33(41(50)69)11-5-8-18-48)38(67)16-6-9-20-58-44(51)52)26-23-56-42(70)34(12-10-21-59-45(53)54)63(24-19-49)37(66)15-4-3-13-36-40-32(29-73-36)61-46(72)62-40;5*3-2(4,5)1(6)7/h28,30,32-36,40H,1-27,29,47-49H2,(H2,50,69)(H,55,60)(H,56,70)(H,57,71)(H4,51,52,58)(H4,53,54,59)(H2,61,62,72);5*(H,6,7)/t32-,33-,34-,35-,36-,40-;;;;;/m0...../s1. The number of hydrogen-bond acceptors (Lipinski definition) is 19. The van der Waals surface area contributed by atoms with E-state index in [2.05, 4.69) is 41.2 Å². The Bertz CT molecular complexity index is 2870. The highest BCUT2D eigenvalue weighted by molar-refractivity contribution is 8.00. The Morgan fingerprint density at radius 1 is 0.509 bits per heavy atom. The third kappa shape index (κ3) is 47.1. The van der Waals surface area contributed by atoms with E-state index in [0.717, 1.165) is 18.6 Å². The van der Waals surface area contributed by atoms with E-state index < -0.39 is 96.6 Å². The van der Waals surface area contributed by atoms with Gasteiger partial charge in [-0.05, 0) is 83.7 Å². The molecular weight excluding hydrogens is 1530 g/mol. The van der Waals surface area contributed by atoms with Crippen LogP contribution in [0.1, 0.15) is 108 Å². The Balaban J connectivity index is -0.00000256. The number of halogens is 15. The van der Waals surface area contributed by atoms with E-state index in [1.165, 1.54) is 21.0 Å². The maximum atomic E-state index is 14.4. The molecule has 52 heteroatoms. The van der Waals surface area contributed by atoms with Crippen molar-refractivity contribution in [1.29, 1.82) is 0 Å². The van der Waals surface area contributed by atoms with Gasteiger partial charge in [0.1, 0.15) is 18.1 Å². The predicted octanol–water partition coefficient (Wildman–Crippen LogP) is 0.258. The lowest BCUT2D eigenvalue weighted by Gasteiger charge is -2.33. The molecule has 3 heterocycles. The molecule has 0 radical (unpaired) electrons. The van der Waals surface area contributed by atoms with E-state index in [9.17, 15) is 99.4 Å². The first-order chi connectivity index (χ1) is 49.8. The summed E-state index contributed by atoms with van der Waals surface area (Å²) in [6.07, 6.45) is -15.1. The number of H-pyrrole nitrogens is 1. The molecule has 0 aromatic carbocycles. The number of nitrogens with two attached hydrogens (primary N) is 8. The number of aliphatic imine (C=N–C) groups is 2. The molecule has 108 heavy (non-hydrogen) atoms. The minimum atomic E-state index is -5.08. The second-order valence-corrected chi connectivity index (χ2v) is 23.6. The fraction of sp³-hybridized carbons (Fsp3) is 0.696. The number of urea groups is 1. The smallest absolute Gasteiger partial charge is 0.475 e. The lowest BCUT2D eigenvalue weighted by molar-refractivity contribution is -0.193. The van der Waals surface area contributed by atoms with Crippen LogP contribution < -0.4 is 67.1 Å². The number of hydrogen-bond donors (Lipinski definition) is 18. The zero-order chi connectivity index (χ0) is 83.9. The van der Waals surface area contributed by atoms with Gasteiger partial charge in [0, 0.05) is 101 Å². The van der Waals surface area contributed by atoms with Gasteiger partial charge in [0.15, 0.2) is 11.9 Å². The lowest BCUT2D eigenvalue weighted by Crippen LogP contribution is -2.56. The van der Waals surface area contributed by atoms with Gasteiger partial charge in [0.05, 0.1) is 18.4 Å². The molecule has 622 valence electrons. The maximum absolute atomic E-state index is 14.4. The normalized spacial score (nSPS) is 15.1. The number of carbonyl (C=O) groups excluding carboxylic acids is 7. The van der Waals surface area contributed by atoms with Crippen LogP contribution in [0.5, 0.6) is 0 Å². The maximum Gasteiger partial charge on any atom is 0.490 e. The van der Waals surface area contributed by atoms with Gasteiger partial charge in [0.2, 0.25) is 35.4 Å². The number of primary amides is 1. The third-order valence-corrected chi connectivity index (χ3v) is 15.5. The zero-order valence-electron chi connectivity index (χ0n) is 57.4. The van der Waals surface area contributed by atoms with Crippen LogP contribution in [0, 0.1) is 0 Å². The first-order valence-electron chi connectivity index (χ1n) is 31.9. The number of nitrogens with one attached hydrogen (secondary N) is 5. The molecule has 0 aliphatic carbocycles. The highest BCUT2D eigenvalue weighted by atomic mass is 32.2. The summed E-state index contributed by atoms with van der Waals surface area (Å²) in [6, 6.07) is -3.04. The zero-order valence-corrected chi connectivity index (χ0v) is 58.2. The van der Waals surface area contributed by atoms with Gasteiger partial charge < -0.3 is 112 Å². The number of alkyl halides is 15. The van der Waals surface area contributed by atoms with Gasteiger partial charge in [-0.25, -0.2) is 33.8 Å². The highest BCUT2D eigenvalue weighted by Crippen LogP contribution is 2.33. The van der Waals surface area contributed by atoms with Crippen LogP contribution in [0.25, 0.3) is 0 Å². The first-order valence-corrected chi connectivity index (χ1v) is 33.0. The molecule has 2 saturated heterocycles. The fourth-order valence-corrected chi connectivity index (χ4v) is 10.6. The number of guanidine groups is 2. The van der Waals surface area contributed by atoms with Crippen molar-refractivity contribution >= 4 is 95.0 Å². The van der Waals surface area contributed by atoms with E-state index in [1.807, 2.05) is 0 Å². The van der Waals surface area contributed by atoms with Crippen molar-refractivity contribution in [3.8, 4) is 0 Å². The number of rotatable bonds is 39. The number of aromatic nitrogens is 2.